The van der Waals surface area contributed by atoms with Crippen LogP contribution in [0.1, 0.15) is 168 Å². The Balaban J connectivity index is 2.14. The van der Waals surface area contributed by atoms with Crippen LogP contribution in [0.2, 0.25) is 0 Å². The van der Waals surface area contributed by atoms with Crippen molar-refractivity contribution < 1.29 is 0 Å². The third kappa shape index (κ3) is 14.9. The van der Waals surface area contributed by atoms with E-state index in [1.54, 1.807) is 25.7 Å². The second-order valence-corrected chi connectivity index (χ2v) is 10.0. The van der Waals surface area contributed by atoms with E-state index < -0.39 is 0 Å². The zero-order valence-electron chi connectivity index (χ0n) is 20.1. The molecule has 0 amide bonds. The summed E-state index contributed by atoms with van der Waals surface area (Å²) in [6, 6.07) is 0. The van der Waals surface area contributed by atoms with Crippen LogP contribution in [-0.2, 0) is 0 Å². The fourth-order valence-electron chi connectivity index (χ4n) is 5.48. The van der Waals surface area contributed by atoms with Gasteiger partial charge in [-0.1, -0.05) is 168 Å². The van der Waals surface area contributed by atoms with Crippen LogP contribution < -0.4 is 0 Å². The predicted molar refractivity (Wildman–Crippen MR) is 129 cm³/mol. The minimum atomic E-state index is 1.07. The van der Waals surface area contributed by atoms with E-state index in [4.69, 9.17) is 0 Å². The largest absolute Gasteiger partial charge is 0.0654 e. The summed E-state index contributed by atoms with van der Waals surface area (Å²) < 4.78 is 0. The van der Waals surface area contributed by atoms with Crippen LogP contribution in [0.25, 0.3) is 0 Å². The Morgan fingerprint density at radius 3 is 1.07 bits per heavy atom. The van der Waals surface area contributed by atoms with Gasteiger partial charge >= 0.3 is 0 Å². The quantitative estimate of drug-likeness (QED) is 0.203. The molecule has 2 atom stereocenters. The van der Waals surface area contributed by atoms with E-state index in [9.17, 15) is 0 Å². The molecule has 1 aliphatic rings. The summed E-state index contributed by atoms with van der Waals surface area (Å²) in [5, 5.41) is 0. The van der Waals surface area contributed by atoms with Gasteiger partial charge in [0.05, 0.1) is 0 Å². The molecule has 2 unspecified atom stereocenters. The van der Waals surface area contributed by atoms with E-state index in [2.05, 4.69) is 13.8 Å². The van der Waals surface area contributed by atoms with E-state index in [0.717, 1.165) is 11.8 Å². The molecule has 0 aromatic rings. The molecule has 1 fully saturated rings. The Hall–Kier alpha value is 0. The number of hydrogen-bond acceptors (Lipinski definition) is 0. The Labute approximate surface area is 180 Å². The molecule has 0 spiro atoms. The topological polar surface area (TPSA) is 0 Å². The Kier molecular flexibility index (Phi) is 18.9. The highest BCUT2D eigenvalue weighted by Crippen LogP contribution is 2.35. The zero-order valence-corrected chi connectivity index (χ0v) is 20.1. The third-order valence-electron chi connectivity index (χ3n) is 7.42. The van der Waals surface area contributed by atoms with Crippen molar-refractivity contribution in [2.45, 2.75) is 168 Å². The summed E-state index contributed by atoms with van der Waals surface area (Å²) in [5.74, 6) is 2.15. The van der Waals surface area contributed by atoms with Crippen LogP contribution in [0.15, 0.2) is 0 Å². The lowest BCUT2D eigenvalue weighted by molar-refractivity contribution is 0.223. The highest BCUT2D eigenvalue weighted by Gasteiger charge is 2.22. The van der Waals surface area contributed by atoms with Gasteiger partial charge in [0.15, 0.2) is 0 Å². The van der Waals surface area contributed by atoms with Gasteiger partial charge in [-0.3, -0.25) is 0 Å². The molecule has 0 heteroatoms. The smallest absolute Gasteiger partial charge is 0.0386 e. The van der Waals surface area contributed by atoms with Gasteiger partial charge in [-0.2, -0.15) is 0 Å². The minimum Gasteiger partial charge on any atom is -0.0654 e. The van der Waals surface area contributed by atoms with Crippen molar-refractivity contribution in [1.82, 2.24) is 0 Å². The maximum Gasteiger partial charge on any atom is -0.0386 e. The van der Waals surface area contributed by atoms with Crippen molar-refractivity contribution in [2.24, 2.45) is 11.8 Å². The molecule has 1 saturated carbocycles. The fraction of sp³-hybridized carbons (Fsp3) is 1.00. The molecule has 0 radical (unpaired) electrons. The molecular weight excluding hydrogens is 336 g/mol. The van der Waals surface area contributed by atoms with Crippen LogP contribution in [0.4, 0.5) is 0 Å². The first-order valence-electron chi connectivity index (χ1n) is 13.9. The fourth-order valence-corrected chi connectivity index (χ4v) is 5.48. The van der Waals surface area contributed by atoms with Crippen LogP contribution in [-0.4, -0.2) is 0 Å². The van der Waals surface area contributed by atoms with Crippen LogP contribution in [0.5, 0.6) is 0 Å². The number of rotatable bonds is 18. The van der Waals surface area contributed by atoms with Gasteiger partial charge in [0.2, 0.25) is 0 Å². The normalized spacial score (nSPS) is 20.8. The van der Waals surface area contributed by atoms with E-state index >= 15 is 0 Å². The van der Waals surface area contributed by atoms with Gasteiger partial charge in [-0.05, 0) is 11.8 Å². The molecular formula is C28H56. The van der Waals surface area contributed by atoms with E-state index in [1.807, 2.05) is 0 Å². The molecule has 0 aliphatic heterocycles. The van der Waals surface area contributed by atoms with Gasteiger partial charge in [-0.15, -0.1) is 0 Å². The molecule has 0 bridgehead atoms. The standard InChI is InChI=1S/C28H56/c1-3-5-7-9-11-13-15-19-23-27-25-21-17-18-22-26-28(27)24-20-16-14-12-10-8-6-4-2/h27-28H,3-26H2,1-2H3. The highest BCUT2D eigenvalue weighted by atomic mass is 14.3. The summed E-state index contributed by atoms with van der Waals surface area (Å²) in [6.07, 6.45) is 35.9. The number of hydrogen-bond donors (Lipinski definition) is 0. The van der Waals surface area contributed by atoms with E-state index in [1.165, 1.54) is 128 Å². The van der Waals surface area contributed by atoms with Gasteiger partial charge in [0, 0.05) is 0 Å². The van der Waals surface area contributed by atoms with E-state index in [0.29, 0.717) is 0 Å². The highest BCUT2D eigenvalue weighted by molar-refractivity contribution is 4.74. The Bertz CT molecular complexity index is 264. The first kappa shape index (κ1) is 26.0. The predicted octanol–water partition coefficient (Wildman–Crippen LogP) is 10.6. The summed E-state index contributed by atoms with van der Waals surface area (Å²) in [5.41, 5.74) is 0. The Morgan fingerprint density at radius 1 is 0.393 bits per heavy atom. The maximum absolute atomic E-state index is 2.32. The lowest BCUT2D eigenvalue weighted by Crippen LogP contribution is -2.17. The van der Waals surface area contributed by atoms with Gasteiger partial charge in [-0.25, -0.2) is 0 Å². The Morgan fingerprint density at radius 2 is 0.714 bits per heavy atom. The van der Waals surface area contributed by atoms with Crippen LogP contribution in [0.3, 0.4) is 0 Å². The number of unbranched alkanes of at least 4 members (excludes halogenated alkanes) is 14. The monoisotopic (exact) mass is 392 g/mol. The summed E-state index contributed by atoms with van der Waals surface area (Å²) >= 11 is 0. The zero-order chi connectivity index (χ0) is 20.1. The average molecular weight is 393 g/mol. The molecule has 168 valence electrons. The molecule has 1 aliphatic carbocycles. The summed E-state index contributed by atoms with van der Waals surface area (Å²) in [6.45, 7) is 4.64. The summed E-state index contributed by atoms with van der Waals surface area (Å²) in [7, 11) is 0. The first-order valence-corrected chi connectivity index (χ1v) is 13.9. The molecule has 1 rings (SSSR count). The minimum absolute atomic E-state index is 1.07. The first-order chi connectivity index (χ1) is 13.9. The van der Waals surface area contributed by atoms with Crippen molar-refractivity contribution in [3.8, 4) is 0 Å². The SMILES string of the molecule is CCCCCCCCCCC1CCCCCCC1CCCCCCCCCC. The molecule has 0 saturated heterocycles. The van der Waals surface area contributed by atoms with Crippen LogP contribution >= 0.6 is 0 Å². The second kappa shape index (κ2) is 20.3. The van der Waals surface area contributed by atoms with Crippen molar-refractivity contribution in [1.29, 1.82) is 0 Å². The molecule has 0 aromatic carbocycles. The third-order valence-corrected chi connectivity index (χ3v) is 7.42. The summed E-state index contributed by atoms with van der Waals surface area (Å²) in [4.78, 5) is 0. The molecule has 28 heavy (non-hydrogen) atoms. The van der Waals surface area contributed by atoms with Gasteiger partial charge < -0.3 is 0 Å². The van der Waals surface area contributed by atoms with Crippen LogP contribution in [0, 0.1) is 11.8 Å². The van der Waals surface area contributed by atoms with Crippen molar-refractivity contribution >= 4 is 0 Å². The van der Waals surface area contributed by atoms with Crippen molar-refractivity contribution in [3.63, 3.8) is 0 Å². The lowest BCUT2D eigenvalue weighted by atomic mass is 9.76. The molecule has 0 N–H and O–H groups in total. The van der Waals surface area contributed by atoms with Crippen molar-refractivity contribution in [2.75, 3.05) is 0 Å². The molecule has 0 heterocycles. The van der Waals surface area contributed by atoms with E-state index in [-0.39, 0.29) is 0 Å². The second-order valence-electron chi connectivity index (χ2n) is 10.0. The lowest BCUT2D eigenvalue weighted by Gasteiger charge is -2.29. The van der Waals surface area contributed by atoms with Gasteiger partial charge in [0.25, 0.3) is 0 Å². The maximum atomic E-state index is 2.32. The molecule has 0 aromatic heterocycles. The van der Waals surface area contributed by atoms with Crippen molar-refractivity contribution in [3.05, 3.63) is 0 Å². The van der Waals surface area contributed by atoms with Gasteiger partial charge in [0.1, 0.15) is 0 Å². The average Bonchev–Trinajstić information content (AvgIpc) is 2.69. The molecule has 0 nitrogen and oxygen atoms in total.